The van der Waals surface area contributed by atoms with E-state index < -0.39 is 12.3 Å². The molecule has 0 aromatic heterocycles. The number of ether oxygens (including phenoxy) is 1. The molecule has 0 aromatic rings. The molecule has 3 atom stereocenters. The molecule has 0 saturated carbocycles. The van der Waals surface area contributed by atoms with Crippen LogP contribution in [-0.2, 0) is 4.74 Å². The van der Waals surface area contributed by atoms with Crippen molar-refractivity contribution < 1.29 is 9.84 Å². The predicted octanol–water partition coefficient (Wildman–Crippen LogP) is 0.721. The fourth-order valence-electron chi connectivity index (χ4n) is 2.02. The second kappa shape index (κ2) is 4.21. The van der Waals surface area contributed by atoms with Crippen LogP contribution in [0.4, 0.5) is 0 Å². The fourth-order valence-corrected chi connectivity index (χ4v) is 2.02. The molecule has 0 aromatic carbocycles. The Balaban J connectivity index is 2.07. The number of hydrogen-bond donors (Lipinski definition) is 2. The quantitative estimate of drug-likeness (QED) is 0.480. The molecule has 2 aliphatic heterocycles. The van der Waals surface area contributed by atoms with Crippen molar-refractivity contribution >= 4 is 6.21 Å². The SMILES string of the molecule is N=CC1OC2CC/C=C\CCN2C1O. The van der Waals surface area contributed by atoms with E-state index in [-0.39, 0.29) is 6.23 Å². The van der Waals surface area contributed by atoms with Gasteiger partial charge >= 0.3 is 0 Å². The van der Waals surface area contributed by atoms with Gasteiger partial charge in [0.2, 0.25) is 0 Å². The summed E-state index contributed by atoms with van der Waals surface area (Å²) in [7, 11) is 0. The minimum absolute atomic E-state index is 0.0125. The van der Waals surface area contributed by atoms with Crippen LogP contribution in [0.25, 0.3) is 0 Å². The van der Waals surface area contributed by atoms with E-state index in [1.54, 1.807) is 0 Å². The van der Waals surface area contributed by atoms with E-state index in [1.807, 2.05) is 4.90 Å². The van der Waals surface area contributed by atoms with E-state index in [9.17, 15) is 5.11 Å². The molecule has 1 fully saturated rings. The Hall–Kier alpha value is -0.710. The highest BCUT2D eigenvalue weighted by Crippen LogP contribution is 2.25. The molecule has 1 saturated heterocycles. The zero-order valence-electron chi connectivity index (χ0n) is 8.10. The van der Waals surface area contributed by atoms with Gasteiger partial charge < -0.3 is 15.3 Å². The van der Waals surface area contributed by atoms with Crippen molar-refractivity contribution in [1.29, 1.82) is 5.41 Å². The summed E-state index contributed by atoms with van der Waals surface area (Å²) < 4.78 is 5.56. The second-order valence-electron chi connectivity index (χ2n) is 3.71. The van der Waals surface area contributed by atoms with Crippen LogP contribution in [0, 0.1) is 5.41 Å². The van der Waals surface area contributed by atoms with Crippen LogP contribution in [0.3, 0.4) is 0 Å². The van der Waals surface area contributed by atoms with Crippen LogP contribution in [0.1, 0.15) is 19.3 Å². The first-order valence-corrected chi connectivity index (χ1v) is 5.08. The molecule has 0 amide bonds. The maximum Gasteiger partial charge on any atom is 0.141 e. The molecular weight excluding hydrogens is 180 g/mol. The Morgan fingerprint density at radius 2 is 2.21 bits per heavy atom. The van der Waals surface area contributed by atoms with Gasteiger partial charge in [-0.3, -0.25) is 0 Å². The molecule has 2 heterocycles. The summed E-state index contributed by atoms with van der Waals surface area (Å²) in [5.74, 6) is 0. The van der Waals surface area contributed by atoms with Crippen molar-refractivity contribution in [3.63, 3.8) is 0 Å². The molecule has 0 bridgehead atoms. The molecule has 4 nitrogen and oxygen atoms in total. The van der Waals surface area contributed by atoms with Gasteiger partial charge in [-0.2, -0.15) is 0 Å². The average Bonchev–Trinajstić information content (AvgIpc) is 2.42. The second-order valence-corrected chi connectivity index (χ2v) is 3.71. The molecule has 0 aliphatic carbocycles. The van der Waals surface area contributed by atoms with Crippen LogP contribution >= 0.6 is 0 Å². The minimum Gasteiger partial charge on any atom is -0.375 e. The molecule has 78 valence electrons. The van der Waals surface area contributed by atoms with E-state index in [2.05, 4.69) is 12.2 Å². The standard InChI is InChI=1S/C10H16N2O2/c11-7-8-10(13)12-6-4-2-1-3-5-9(12)14-8/h1-2,7-11,13H,3-6H2/b2-1-,11-7?. The van der Waals surface area contributed by atoms with Crippen molar-refractivity contribution in [2.45, 2.75) is 37.8 Å². The highest BCUT2D eigenvalue weighted by atomic mass is 16.6. The number of nitrogens with zero attached hydrogens (tertiary/aromatic N) is 1. The Labute approximate surface area is 83.7 Å². The van der Waals surface area contributed by atoms with Gasteiger partial charge in [-0.05, 0) is 19.3 Å². The van der Waals surface area contributed by atoms with Crippen molar-refractivity contribution in [1.82, 2.24) is 4.90 Å². The van der Waals surface area contributed by atoms with E-state index >= 15 is 0 Å². The first-order valence-electron chi connectivity index (χ1n) is 5.08. The lowest BCUT2D eigenvalue weighted by molar-refractivity contribution is -0.00444. The summed E-state index contributed by atoms with van der Waals surface area (Å²) in [5, 5.41) is 17.0. The third-order valence-electron chi connectivity index (χ3n) is 2.78. The lowest BCUT2D eigenvalue weighted by Gasteiger charge is -2.25. The molecule has 3 unspecified atom stereocenters. The van der Waals surface area contributed by atoms with Gasteiger partial charge in [0, 0.05) is 12.8 Å². The molecule has 4 heteroatoms. The number of hydrogen-bond acceptors (Lipinski definition) is 4. The lowest BCUT2D eigenvalue weighted by Crippen LogP contribution is -2.39. The highest BCUT2D eigenvalue weighted by molar-refractivity contribution is 5.60. The van der Waals surface area contributed by atoms with Gasteiger partial charge in [-0.1, -0.05) is 12.2 Å². The van der Waals surface area contributed by atoms with E-state index in [0.717, 1.165) is 25.8 Å². The first-order chi connectivity index (χ1) is 6.83. The first kappa shape index (κ1) is 9.83. The van der Waals surface area contributed by atoms with Crippen LogP contribution in [0.2, 0.25) is 0 Å². The molecule has 2 aliphatic rings. The Morgan fingerprint density at radius 1 is 1.43 bits per heavy atom. The summed E-state index contributed by atoms with van der Waals surface area (Å²) in [6.07, 6.45) is 7.22. The fraction of sp³-hybridized carbons (Fsp3) is 0.700. The summed E-state index contributed by atoms with van der Waals surface area (Å²) >= 11 is 0. The van der Waals surface area contributed by atoms with E-state index in [0.29, 0.717) is 0 Å². The highest BCUT2D eigenvalue weighted by Gasteiger charge is 2.39. The largest absolute Gasteiger partial charge is 0.375 e. The minimum atomic E-state index is -0.635. The molecule has 2 N–H and O–H groups in total. The summed E-state index contributed by atoms with van der Waals surface area (Å²) in [4.78, 5) is 1.94. The molecule has 2 rings (SSSR count). The van der Waals surface area contributed by atoms with Crippen LogP contribution < -0.4 is 0 Å². The van der Waals surface area contributed by atoms with Crippen LogP contribution in [0.5, 0.6) is 0 Å². The third kappa shape index (κ3) is 1.73. The van der Waals surface area contributed by atoms with E-state index in [4.69, 9.17) is 10.1 Å². The predicted molar refractivity (Wildman–Crippen MR) is 53.1 cm³/mol. The van der Waals surface area contributed by atoms with Gasteiger partial charge in [0.15, 0.2) is 0 Å². The molecule has 0 radical (unpaired) electrons. The Morgan fingerprint density at radius 3 is 3.00 bits per heavy atom. The zero-order valence-corrected chi connectivity index (χ0v) is 8.10. The maximum atomic E-state index is 9.83. The van der Waals surface area contributed by atoms with Crippen LogP contribution in [-0.4, -0.2) is 41.3 Å². The van der Waals surface area contributed by atoms with Crippen molar-refractivity contribution in [3.8, 4) is 0 Å². The number of aliphatic hydroxyl groups excluding tert-OH is 1. The van der Waals surface area contributed by atoms with Gasteiger partial charge in [-0.25, -0.2) is 4.90 Å². The van der Waals surface area contributed by atoms with Gasteiger partial charge in [0.1, 0.15) is 18.6 Å². The van der Waals surface area contributed by atoms with Crippen LogP contribution in [0.15, 0.2) is 12.2 Å². The summed E-state index contributed by atoms with van der Waals surface area (Å²) in [6, 6.07) is 0. The average molecular weight is 196 g/mol. The molecular formula is C10H16N2O2. The van der Waals surface area contributed by atoms with Gasteiger partial charge in [0.25, 0.3) is 0 Å². The number of allylic oxidation sites excluding steroid dienone is 1. The smallest absolute Gasteiger partial charge is 0.141 e. The number of nitrogens with one attached hydrogen (secondary N) is 1. The number of aliphatic hydroxyl groups is 1. The topological polar surface area (TPSA) is 56.5 Å². The molecule has 14 heavy (non-hydrogen) atoms. The molecule has 0 spiro atoms. The van der Waals surface area contributed by atoms with Gasteiger partial charge in [-0.15, -0.1) is 0 Å². The van der Waals surface area contributed by atoms with Crippen molar-refractivity contribution in [2.24, 2.45) is 0 Å². The number of fused-ring (bicyclic) bond motifs is 1. The maximum absolute atomic E-state index is 9.83. The lowest BCUT2D eigenvalue weighted by atomic mass is 10.2. The van der Waals surface area contributed by atoms with Crippen molar-refractivity contribution in [3.05, 3.63) is 12.2 Å². The summed E-state index contributed by atoms with van der Waals surface area (Å²) in [6.45, 7) is 0.812. The monoisotopic (exact) mass is 196 g/mol. The van der Waals surface area contributed by atoms with Gasteiger partial charge in [0.05, 0.1) is 0 Å². The Bertz CT molecular complexity index is 242. The third-order valence-corrected chi connectivity index (χ3v) is 2.78. The van der Waals surface area contributed by atoms with E-state index in [1.165, 1.54) is 6.21 Å². The zero-order chi connectivity index (χ0) is 9.97. The Kier molecular flexibility index (Phi) is 2.96. The summed E-state index contributed by atoms with van der Waals surface area (Å²) in [5.41, 5.74) is 0. The van der Waals surface area contributed by atoms with Crippen molar-refractivity contribution in [2.75, 3.05) is 6.54 Å². The normalized spacial score (nSPS) is 41.1. The number of rotatable bonds is 1.